The van der Waals surface area contributed by atoms with Crippen molar-refractivity contribution in [2.45, 2.75) is 272 Å². The average molecular weight is 1250 g/mol. The van der Waals surface area contributed by atoms with Crippen LogP contribution < -0.4 is 0 Å². The summed E-state index contributed by atoms with van der Waals surface area (Å²) in [6.45, 7) is 11.6. The molecule has 0 aliphatic carbocycles. The molecular formula is C82H108S5. The summed E-state index contributed by atoms with van der Waals surface area (Å²) in [6, 6.07) is 46.5. The minimum Gasteiger partial charge on any atom is -0.134 e. The molecule has 0 unspecified atom stereocenters. The van der Waals surface area contributed by atoms with Crippen molar-refractivity contribution < 1.29 is 0 Å². The van der Waals surface area contributed by atoms with Gasteiger partial charge in [0.05, 0.1) is 0 Å². The molecular weight excluding hydrogens is 1150 g/mol. The summed E-state index contributed by atoms with van der Waals surface area (Å²) in [5.74, 6) is 0. The SMILES string of the molecule is CCCCCCCCCCCCc1ccc2cc(-c3ccc(-c4sc(-c5ccc(-c6cc(CCCCCC)c(-c7sc(-c8ccc9cc(CCCCCCCCCCCC)ccc9c8)cc7CCCCCC)s6)s5)cc4CCCCCC)s3)ccc2c1. The first kappa shape index (κ1) is 67.3. The smallest absolute Gasteiger partial charge is 0.0484 e. The molecule has 0 aliphatic rings. The predicted molar refractivity (Wildman–Crippen MR) is 398 cm³/mol. The Morgan fingerprint density at radius 2 is 0.506 bits per heavy atom. The number of hydrogen-bond acceptors (Lipinski definition) is 5. The van der Waals surface area contributed by atoms with E-state index < -0.39 is 0 Å². The van der Waals surface area contributed by atoms with E-state index in [1.165, 1.54) is 316 Å². The zero-order valence-corrected chi connectivity index (χ0v) is 58.8. The Balaban J connectivity index is 0.911. The van der Waals surface area contributed by atoms with E-state index in [-0.39, 0.29) is 0 Å². The minimum absolute atomic E-state index is 1.15. The van der Waals surface area contributed by atoms with E-state index >= 15 is 0 Å². The van der Waals surface area contributed by atoms with Gasteiger partial charge in [0, 0.05) is 48.8 Å². The number of unbranched alkanes of at least 4 members (excludes halogenated alkanes) is 27. The van der Waals surface area contributed by atoms with Gasteiger partial charge in [0.25, 0.3) is 0 Å². The van der Waals surface area contributed by atoms with Crippen LogP contribution in [-0.4, -0.2) is 0 Å². The van der Waals surface area contributed by atoms with Gasteiger partial charge in [-0.2, -0.15) is 0 Å². The third-order valence-electron chi connectivity index (χ3n) is 18.5. The molecule has 9 aromatic rings. The molecule has 0 saturated carbocycles. The maximum absolute atomic E-state index is 2.61. The van der Waals surface area contributed by atoms with Crippen molar-refractivity contribution in [1.29, 1.82) is 0 Å². The Kier molecular flexibility index (Phi) is 28.8. The monoisotopic (exact) mass is 1250 g/mol. The second-order valence-corrected chi connectivity index (χ2v) is 31.1. The molecule has 0 nitrogen and oxygen atoms in total. The van der Waals surface area contributed by atoms with E-state index in [2.05, 4.69) is 173 Å². The van der Waals surface area contributed by atoms with Crippen LogP contribution in [0.3, 0.4) is 0 Å². The van der Waals surface area contributed by atoms with Gasteiger partial charge in [-0.05, 0) is 179 Å². The van der Waals surface area contributed by atoms with E-state index in [4.69, 9.17) is 0 Å². The summed E-state index contributed by atoms with van der Waals surface area (Å²) in [6.07, 6.45) is 49.1. The van der Waals surface area contributed by atoms with Crippen LogP contribution in [0.4, 0.5) is 0 Å². The van der Waals surface area contributed by atoms with Crippen LogP contribution in [0, 0.1) is 0 Å². The van der Waals surface area contributed by atoms with Gasteiger partial charge in [-0.3, -0.25) is 0 Å². The molecule has 0 aliphatic heterocycles. The van der Waals surface area contributed by atoms with Gasteiger partial charge in [-0.25, -0.2) is 0 Å². The zero-order valence-electron chi connectivity index (χ0n) is 54.7. The van der Waals surface area contributed by atoms with Crippen LogP contribution in [0.1, 0.15) is 268 Å². The Morgan fingerprint density at radius 3 is 0.954 bits per heavy atom. The second kappa shape index (κ2) is 37.3. The first-order valence-electron chi connectivity index (χ1n) is 35.6. The van der Waals surface area contributed by atoms with Gasteiger partial charge in [0.15, 0.2) is 0 Å². The Bertz CT molecular complexity index is 3400. The standard InChI is InChI=1S/C82H108S5/c1-6-11-16-21-23-25-27-29-31-33-38-62-43-45-66-57-68(49-47-64(66)55-62)73-51-54-76(83-73)80-70(40-35-18-13-8-3)60-78(86-80)74-52-53-75(84-74)79-61-72(42-37-20-15-10-5)82(87-79)81-71(41-36-19-14-9-4)59-77(85-81)69-50-48-65-56-63(44-46-67(65)58-69)39-34-32-30-28-26-24-22-17-12-7-2/h43-61H,6-42H2,1-5H3. The zero-order chi connectivity index (χ0) is 60.3. The lowest BCUT2D eigenvalue weighted by atomic mass is 9.99. The molecule has 0 bridgehead atoms. The Morgan fingerprint density at radius 1 is 0.207 bits per heavy atom. The van der Waals surface area contributed by atoms with Crippen molar-refractivity contribution in [3.63, 3.8) is 0 Å². The number of fused-ring (bicyclic) bond motifs is 2. The first-order valence-corrected chi connectivity index (χ1v) is 39.7. The number of rotatable bonds is 43. The van der Waals surface area contributed by atoms with Crippen LogP contribution in [0.2, 0.25) is 0 Å². The highest BCUT2D eigenvalue weighted by Crippen LogP contribution is 2.50. The molecule has 0 saturated heterocycles. The first-order chi connectivity index (χ1) is 42.9. The fourth-order valence-electron chi connectivity index (χ4n) is 13.1. The summed E-state index contributed by atoms with van der Waals surface area (Å²) in [5.41, 5.74) is 10.4. The fraction of sp³-hybridized carbons (Fsp3) is 0.512. The van der Waals surface area contributed by atoms with E-state index in [0.29, 0.717) is 0 Å². The van der Waals surface area contributed by atoms with Crippen LogP contribution in [0.15, 0.2) is 115 Å². The van der Waals surface area contributed by atoms with Gasteiger partial charge >= 0.3 is 0 Å². The lowest BCUT2D eigenvalue weighted by Crippen LogP contribution is -1.89. The number of benzene rings is 4. The maximum Gasteiger partial charge on any atom is 0.0484 e. The minimum atomic E-state index is 1.15. The Hall–Kier alpha value is -4.10. The topological polar surface area (TPSA) is 0 Å². The number of thiophene rings is 5. The number of hydrogen-bond donors (Lipinski definition) is 0. The highest BCUT2D eigenvalue weighted by molar-refractivity contribution is 7.30. The Labute approximate surface area is 549 Å². The molecule has 0 spiro atoms. The van der Waals surface area contributed by atoms with Crippen molar-refractivity contribution in [3.8, 4) is 59.9 Å². The van der Waals surface area contributed by atoms with E-state index in [0.717, 1.165) is 19.3 Å². The van der Waals surface area contributed by atoms with E-state index in [9.17, 15) is 0 Å². The highest BCUT2D eigenvalue weighted by atomic mass is 32.1. The van der Waals surface area contributed by atoms with E-state index in [1.54, 1.807) is 11.1 Å². The maximum atomic E-state index is 2.61. The molecule has 0 fully saturated rings. The number of aryl methyl sites for hydroxylation is 5. The van der Waals surface area contributed by atoms with Crippen molar-refractivity contribution in [3.05, 3.63) is 143 Å². The quantitative estimate of drug-likeness (QED) is 0.0334. The van der Waals surface area contributed by atoms with E-state index in [1.807, 2.05) is 34.0 Å². The molecule has 9 rings (SSSR count). The van der Waals surface area contributed by atoms with Crippen LogP contribution in [-0.2, 0) is 32.1 Å². The molecule has 4 aromatic carbocycles. The van der Waals surface area contributed by atoms with Crippen LogP contribution in [0.5, 0.6) is 0 Å². The predicted octanol–water partition coefficient (Wildman–Crippen LogP) is 29.6. The van der Waals surface area contributed by atoms with Crippen molar-refractivity contribution >= 4 is 78.2 Å². The summed E-state index contributed by atoms with van der Waals surface area (Å²) < 4.78 is 0. The summed E-state index contributed by atoms with van der Waals surface area (Å²) in [7, 11) is 0. The van der Waals surface area contributed by atoms with Gasteiger partial charge in [0.1, 0.15) is 0 Å². The van der Waals surface area contributed by atoms with Crippen LogP contribution >= 0.6 is 56.7 Å². The summed E-state index contributed by atoms with van der Waals surface area (Å²) in [4.78, 5) is 14.5. The molecule has 5 aromatic heterocycles. The molecule has 466 valence electrons. The average Bonchev–Trinajstić information content (AvgIpc) is 2.36. The van der Waals surface area contributed by atoms with Gasteiger partial charge < -0.3 is 0 Å². The van der Waals surface area contributed by atoms with Crippen LogP contribution in [0.25, 0.3) is 81.4 Å². The highest BCUT2D eigenvalue weighted by Gasteiger charge is 2.22. The van der Waals surface area contributed by atoms with Gasteiger partial charge in [-0.1, -0.05) is 269 Å². The van der Waals surface area contributed by atoms with Gasteiger partial charge in [0.2, 0.25) is 0 Å². The molecule has 0 atom stereocenters. The largest absolute Gasteiger partial charge is 0.134 e. The normalized spacial score (nSPS) is 11.8. The van der Waals surface area contributed by atoms with Crippen molar-refractivity contribution in [2.75, 3.05) is 0 Å². The lowest BCUT2D eigenvalue weighted by molar-refractivity contribution is 0.556. The molecule has 0 amide bonds. The summed E-state index contributed by atoms with van der Waals surface area (Å²) in [5, 5.41) is 5.48. The molecule has 0 radical (unpaired) electrons. The second-order valence-electron chi connectivity index (χ2n) is 25.8. The van der Waals surface area contributed by atoms with Crippen molar-refractivity contribution in [2.24, 2.45) is 0 Å². The molecule has 5 heteroatoms. The summed E-state index contributed by atoms with van der Waals surface area (Å²) >= 11 is 10.2. The lowest BCUT2D eigenvalue weighted by Gasteiger charge is -2.06. The molecule has 0 N–H and O–H groups in total. The third kappa shape index (κ3) is 20.4. The molecule has 87 heavy (non-hydrogen) atoms. The molecule has 5 heterocycles. The van der Waals surface area contributed by atoms with Gasteiger partial charge in [-0.15, -0.1) is 56.7 Å². The van der Waals surface area contributed by atoms with Crippen molar-refractivity contribution in [1.82, 2.24) is 0 Å². The third-order valence-corrected chi connectivity index (χ3v) is 25.0. The fourth-order valence-corrected chi connectivity index (χ4v) is 19.3.